The van der Waals surface area contributed by atoms with Crippen LogP contribution in [-0.2, 0) is 9.47 Å². The summed E-state index contributed by atoms with van der Waals surface area (Å²) in [5.41, 5.74) is 0. The predicted octanol–water partition coefficient (Wildman–Crippen LogP) is 2.73. The van der Waals surface area contributed by atoms with Crippen LogP contribution in [-0.4, -0.2) is 45.1 Å². The Bertz CT molecular complexity index is 348. The molecule has 1 aromatic heterocycles. The number of pyridine rings is 1. The van der Waals surface area contributed by atoms with E-state index in [1.54, 1.807) is 13.3 Å². The molecule has 1 heterocycles. The molecule has 0 atom stereocenters. The number of hydrogen-bond donors (Lipinski definition) is 1. The predicted molar refractivity (Wildman–Crippen MR) is 80.4 cm³/mol. The van der Waals surface area contributed by atoms with E-state index in [2.05, 4.69) is 17.2 Å². The maximum absolute atomic E-state index is 5.65. The van der Waals surface area contributed by atoms with Gasteiger partial charge in [0.15, 0.2) is 11.6 Å². The van der Waals surface area contributed by atoms with E-state index in [1.165, 1.54) is 0 Å². The third-order valence-corrected chi connectivity index (χ3v) is 2.67. The Hall–Kier alpha value is -1.33. The van der Waals surface area contributed by atoms with Crippen LogP contribution in [0.15, 0.2) is 18.3 Å². The molecule has 0 radical (unpaired) electrons. The summed E-state index contributed by atoms with van der Waals surface area (Å²) in [6, 6.07) is 3.83. The molecule has 0 bridgehead atoms. The number of anilines is 1. The van der Waals surface area contributed by atoms with Crippen molar-refractivity contribution in [2.45, 2.75) is 26.2 Å². The van der Waals surface area contributed by atoms with E-state index in [4.69, 9.17) is 14.2 Å². The molecule has 114 valence electrons. The monoisotopic (exact) mass is 282 g/mol. The number of methoxy groups -OCH3 is 1. The number of ether oxygens (including phenoxy) is 3. The first-order valence-electron chi connectivity index (χ1n) is 7.26. The summed E-state index contributed by atoms with van der Waals surface area (Å²) in [5.74, 6) is 1.65. The molecule has 0 unspecified atom stereocenters. The Morgan fingerprint density at radius 2 is 2.05 bits per heavy atom. The minimum absolute atomic E-state index is 0.657. The van der Waals surface area contributed by atoms with Gasteiger partial charge in [-0.3, -0.25) is 0 Å². The molecule has 0 amide bonds. The van der Waals surface area contributed by atoms with E-state index >= 15 is 0 Å². The lowest BCUT2D eigenvalue weighted by Gasteiger charge is -2.11. The molecular formula is C15H26N2O3. The van der Waals surface area contributed by atoms with Gasteiger partial charge in [-0.25, -0.2) is 4.98 Å². The third kappa shape index (κ3) is 7.31. The van der Waals surface area contributed by atoms with Gasteiger partial charge >= 0.3 is 0 Å². The lowest BCUT2D eigenvalue weighted by molar-refractivity contribution is 0.0691. The summed E-state index contributed by atoms with van der Waals surface area (Å²) in [4.78, 5) is 4.31. The minimum atomic E-state index is 0.657. The summed E-state index contributed by atoms with van der Waals surface area (Å²) >= 11 is 0. The number of unbranched alkanes of at least 4 members (excludes halogenated alkanes) is 1. The first-order chi connectivity index (χ1) is 9.88. The van der Waals surface area contributed by atoms with Gasteiger partial charge in [0, 0.05) is 26.5 Å². The fourth-order valence-corrected chi connectivity index (χ4v) is 1.63. The summed E-state index contributed by atoms with van der Waals surface area (Å²) in [6.07, 6.45) is 4.83. The number of hydrogen-bond acceptors (Lipinski definition) is 5. The second-order valence-electron chi connectivity index (χ2n) is 4.44. The molecule has 0 aliphatic carbocycles. The fraction of sp³-hybridized carbons (Fsp3) is 0.667. The highest BCUT2D eigenvalue weighted by Crippen LogP contribution is 2.20. The molecule has 0 saturated carbocycles. The van der Waals surface area contributed by atoms with Gasteiger partial charge in [-0.15, -0.1) is 0 Å². The highest BCUT2D eigenvalue weighted by atomic mass is 16.5. The van der Waals surface area contributed by atoms with Crippen molar-refractivity contribution in [2.24, 2.45) is 0 Å². The maximum atomic E-state index is 5.65. The van der Waals surface area contributed by atoms with Crippen LogP contribution >= 0.6 is 0 Å². The molecule has 1 N–H and O–H groups in total. The third-order valence-electron chi connectivity index (χ3n) is 2.67. The van der Waals surface area contributed by atoms with Gasteiger partial charge in [-0.2, -0.15) is 0 Å². The standard InChI is InChI=1S/C15H26N2O3/c1-3-10-20-14-7-6-9-17-15(14)16-8-4-5-11-19-13-12-18-2/h6-7,9H,3-5,8,10-13H2,1-2H3,(H,16,17). The Morgan fingerprint density at radius 3 is 2.85 bits per heavy atom. The highest BCUT2D eigenvalue weighted by molar-refractivity contribution is 5.49. The van der Waals surface area contributed by atoms with Gasteiger partial charge < -0.3 is 19.5 Å². The molecule has 5 nitrogen and oxygen atoms in total. The largest absolute Gasteiger partial charge is 0.490 e. The van der Waals surface area contributed by atoms with Crippen molar-refractivity contribution in [1.29, 1.82) is 0 Å². The van der Waals surface area contributed by atoms with Crippen LogP contribution in [0, 0.1) is 0 Å². The van der Waals surface area contributed by atoms with Gasteiger partial charge in [0.1, 0.15) is 0 Å². The molecule has 0 spiro atoms. The summed E-state index contributed by atoms with van der Waals surface area (Å²) in [7, 11) is 1.68. The first-order valence-corrected chi connectivity index (χ1v) is 7.26. The lowest BCUT2D eigenvalue weighted by atomic mass is 10.3. The first kappa shape index (κ1) is 16.7. The van der Waals surface area contributed by atoms with Gasteiger partial charge in [-0.1, -0.05) is 6.92 Å². The molecule has 0 aliphatic heterocycles. The molecule has 1 rings (SSSR count). The van der Waals surface area contributed by atoms with Crippen molar-refractivity contribution in [3.63, 3.8) is 0 Å². The Morgan fingerprint density at radius 1 is 1.15 bits per heavy atom. The average Bonchev–Trinajstić information content (AvgIpc) is 2.49. The van der Waals surface area contributed by atoms with Crippen molar-refractivity contribution >= 4 is 5.82 Å². The van der Waals surface area contributed by atoms with Gasteiger partial charge in [0.05, 0.1) is 19.8 Å². The fourth-order valence-electron chi connectivity index (χ4n) is 1.63. The molecule has 20 heavy (non-hydrogen) atoms. The quantitative estimate of drug-likeness (QED) is 0.597. The van der Waals surface area contributed by atoms with E-state index in [0.29, 0.717) is 19.8 Å². The van der Waals surface area contributed by atoms with E-state index in [9.17, 15) is 0 Å². The zero-order valence-corrected chi connectivity index (χ0v) is 12.6. The second kappa shape index (κ2) is 11.5. The van der Waals surface area contributed by atoms with Gasteiger partial charge in [0.25, 0.3) is 0 Å². The van der Waals surface area contributed by atoms with Crippen LogP contribution in [0.4, 0.5) is 5.82 Å². The molecule has 0 fully saturated rings. The normalized spacial score (nSPS) is 10.5. The van der Waals surface area contributed by atoms with E-state index in [-0.39, 0.29) is 0 Å². The second-order valence-corrected chi connectivity index (χ2v) is 4.44. The zero-order valence-electron chi connectivity index (χ0n) is 12.6. The van der Waals surface area contributed by atoms with Crippen LogP contribution < -0.4 is 10.1 Å². The molecule has 0 saturated heterocycles. The number of nitrogens with zero attached hydrogens (tertiary/aromatic N) is 1. The van der Waals surface area contributed by atoms with Crippen LogP contribution in [0.25, 0.3) is 0 Å². The van der Waals surface area contributed by atoms with Crippen molar-refractivity contribution in [2.75, 3.05) is 45.4 Å². The number of rotatable bonds is 12. The van der Waals surface area contributed by atoms with Crippen molar-refractivity contribution in [3.8, 4) is 5.75 Å². The molecule has 1 aromatic rings. The van der Waals surface area contributed by atoms with Crippen molar-refractivity contribution < 1.29 is 14.2 Å². The van der Waals surface area contributed by atoms with E-state index < -0.39 is 0 Å². The zero-order chi connectivity index (χ0) is 14.5. The Balaban J connectivity index is 2.15. The van der Waals surface area contributed by atoms with Gasteiger partial charge in [-0.05, 0) is 31.4 Å². The van der Waals surface area contributed by atoms with Crippen molar-refractivity contribution in [3.05, 3.63) is 18.3 Å². The molecule has 0 aliphatic rings. The Kier molecular flexibility index (Phi) is 9.61. The highest BCUT2D eigenvalue weighted by Gasteiger charge is 2.02. The van der Waals surface area contributed by atoms with Crippen LogP contribution in [0.2, 0.25) is 0 Å². The lowest BCUT2D eigenvalue weighted by Crippen LogP contribution is -2.08. The summed E-state index contributed by atoms with van der Waals surface area (Å²) in [5, 5.41) is 3.31. The van der Waals surface area contributed by atoms with Gasteiger partial charge in [0.2, 0.25) is 0 Å². The van der Waals surface area contributed by atoms with E-state index in [0.717, 1.165) is 44.0 Å². The molecule has 5 heteroatoms. The summed E-state index contributed by atoms with van der Waals surface area (Å²) < 4.78 is 16.0. The molecular weight excluding hydrogens is 256 g/mol. The Labute approximate surface area is 121 Å². The van der Waals surface area contributed by atoms with Crippen molar-refractivity contribution in [1.82, 2.24) is 4.98 Å². The summed E-state index contributed by atoms with van der Waals surface area (Å²) in [6.45, 7) is 5.77. The average molecular weight is 282 g/mol. The topological polar surface area (TPSA) is 52.6 Å². The van der Waals surface area contributed by atoms with Crippen LogP contribution in [0.3, 0.4) is 0 Å². The minimum Gasteiger partial charge on any atom is -0.490 e. The van der Waals surface area contributed by atoms with E-state index in [1.807, 2.05) is 12.1 Å². The van der Waals surface area contributed by atoms with Crippen LogP contribution in [0.1, 0.15) is 26.2 Å². The number of aromatic nitrogens is 1. The molecule has 0 aromatic carbocycles. The SMILES string of the molecule is CCCOc1cccnc1NCCCCOCCOC. The maximum Gasteiger partial charge on any atom is 0.168 e. The smallest absolute Gasteiger partial charge is 0.168 e. The van der Waals surface area contributed by atoms with Crippen LogP contribution in [0.5, 0.6) is 5.75 Å². The number of nitrogens with one attached hydrogen (secondary N) is 1.